The normalized spacial score (nSPS) is 16.9. The number of primary amides is 1. The van der Waals surface area contributed by atoms with Gasteiger partial charge in [-0.3, -0.25) is 4.79 Å². The van der Waals surface area contributed by atoms with Crippen molar-refractivity contribution < 1.29 is 18.7 Å². The maximum Gasteiger partial charge on any atom is 0.316 e. The van der Waals surface area contributed by atoms with Crippen LogP contribution in [-0.2, 0) is 4.74 Å². The molecule has 0 bridgehead atoms. The predicted molar refractivity (Wildman–Crippen MR) is 101 cm³/mol. The fourth-order valence-corrected chi connectivity index (χ4v) is 3.37. The highest BCUT2D eigenvalue weighted by molar-refractivity contribution is 6.35. The van der Waals surface area contributed by atoms with E-state index >= 15 is 0 Å². The van der Waals surface area contributed by atoms with Gasteiger partial charge in [-0.15, -0.1) is 0 Å². The molecule has 0 aliphatic carbocycles. The van der Waals surface area contributed by atoms with Gasteiger partial charge in [0.1, 0.15) is 11.9 Å². The molecule has 0 spiro atoms. The minimum Gasteiger partial charge on any atom is -0.370 e. The van der Waals surface area contributed by atoms with E-state index in [9.17, 15) is 14.0 Å². The Morgan fingerprint density at radius 1 is 1.22 bits per heavy atom. The number of carbonyl (C=O) groups is 2. The van der Waals surface area contributed by atoms with Crippen molar-refractivity contribution in [1.29, 1.82) is 0 Å². The average molecular weight is 412 g/mol. The van der Waals surface area contributed by atoms with Crippen LogP contribution in [0.4, 0.5) is 14.9 Å². The monoisotopic (exact) mass is 411 g/mol. The second kappa shape index (κ2) is 8.12. The highest BCUT2D eigenvalue weighted by atomic mass is 35.5. The van der Waals surface area contributed by atoms with Crippen LogP contribution in [0.3, 0.4) is 0 Å². The molecule has 1 heterocycles. The molecule has 0 aromatic heterocycles. The predicted octanol–water partition coefficient (Wildman–Crippen LogP) is 3.84. The maximum atomic E-state index is 13.8. The molecule has 3 N–H and O–H groups in total. The van der Waals surface area contributed by atoms with E-state index < -0.39 is 18.0 Å². The molecule has 1 aliphatic rings. The van der Waals surface area contributed by atoms with Crippen molar-refractivity contribution in [1.82, 2.24) is 4.90 Å². The summed E-state index contributed by atoms with van der Waals surface area (Å²) >= 11 is 11.9. The zero-order valence-corrected chi connectivity index (χ0v) is 15.6. The summed E-state index contributed by atoms with van der Waals surface area (Å²) in [6.45, 7) is 0.847. The number of nitrogens with zero attached hydrogens (tertiary/aromatic N) is 1. The van der Waals surface area contributed by atoms with Gasteiger partial charge in [-0.2, -0.15) is 0 Å². The van der Waals surface area contributed by atoms with Gasteiger partial charge in [-0.1, -0.05) is 29.3 Å². The average Bonchev–Trinajstić information content (AvgIpc) is 2.64. The lowest BCUT2D eigenvalue weighted by atomic mass is 10.1. The van der Waals surface area contributed by atoms with Crippen molar-refractivity contribution in [2.75, 3.05) is 25.0 Å². The number of halogens is 3. The fraction of sp³-hybridized carbons (Fsp3) is 0.222. The number of carbonyl (C=O) groups excluding carboxylic acids is 2. The van der Waals surface area contributed by atoms with Crippen molar-refractivity contribution >= 4 is 40.8 Å². The van der Waals surface area contributed by atoms with E-state index in [0.29, 0.717) is 23.4 Å². The molecule has 27 heavy (non-hydrogen) atoms. The Kier molecular flexibility index (Phi) is 5.84. The Morgan fingerprint density at radius 3 is 2.74 bits per heavy atom. The minimum atomic E-state index is -0.717. The highest BCUT2D eigenvalue weighted by Crippen LogP contribution is 2.32. The lowest BCUT2D eigenvalue weighted by Crippen LogP contribution is -2.42. The van der Waals surface area contributed by atoms with E-state index in [0.717, 1.165) is 0 Å². The summed E-state index contributed by atoms with van der Waals surface area (Å²) in [6, 6.07) is 8.25. The van der Waals surface area contributed by atoms with Crippen LogP contribution in [0.5, 0.6) is 0 Å². The van der Waals surface area contributed by atoms with Crippen molar-refractivity contribution in [2.24, 2.45) is 5.73 Å². The van der Waals surface area contributed by atoms with Crippen molar-refractivity contribution in [2.45, 2.75) is 6.10 Å². The van der Waals surface area contributed by atoms with Gasteiger partial charge in [-0.25, -0.2) is 9.18 Å². The summed E-state index contributed by atoms with van der Waals surface area (Å²) in [6.07, 6.45) is -0.575. The molecule has 1 fully saturated rings. The summed E-state index contributed by atoms with van der Waals surface area (Å²) in [7, 11) is 0. The van der Waals surface area contributed by atoms with E-state index in [4.69, 9.17) is 33.7 Å². The summed E-state index contributed by atoms with van der Waals surface area (Å²) in [4.78, 5) is 25.4. The number of nitrogens with two attached hydrogens (primary N) is 1. The number of anilines is 1. The van der Waals surface area contributed by atoms with Gasteiger partial charge in [0.25, 0.3) is 5.91 Å². The second-order valence-electron chi connectivity index (χ2n) is 5.97. The van der Waals surface area contributed by atoms with E-state index in [1.807, 2.05) is 0 Å². The summed E-state index contributed by atoms with van der Waals surface area (Å²) in [5.74, 6) is -0.852. The lowest BCUT2D eigenvalue weighted by molar-refractivity contribution is -0.0228. The van der Waals surface area contributed by atoms with E-state index in [2.05, 4.69) is 5.32 Å². The molecule has 0 radical (unpaired) electrons. The zero-order chi connectivity index (χ0) is 19.6. The molecule has 3 rings (SSSR count). The first-order chi connectivity index (χ1) is 12.8. The quantitative estimate of drug-likeness (QED) is 0.752. The molecule has 142 valence electrons. The molecule has 0 unspecified atom stereocenters. The van der Waals surface area contributed by atoms with Crippen LogP contribution in [0, 0.1) is 5.82 Å². The summed E-state index contributed by atoms with van der Waals surface area (Å²) in [5.41, 5.74) is 6.33. The van der Waals surface area contributed by atoms with Crippen LogP contribution in [0.1, 0.15) is 22.0 Å². The van der Waals surface area contributed by atoms with Crippen LogP contribution < -0.4 is 11.1 Å². The smallest absolute Gasteiger partial charge is 0.316 e. The van der Waals surface area contributed by atoms with Gasteiger partial charge < -0.3 is 20.7 Å². The topological polar surface area (TPSA) is 84.7 Å². The second-order valence-corrected chi connectivity index (χ2v) is 6.78. The molecule has 0 saturated carbocycles. The number of ether oxygens (including phenoxy) is 1. The number of hydrogen-bond donors (Lipinski definition) is 2. The number of nitrogens with one attached hydrogen (secondary N) is 1. The fourth-order valence-electron chi connectivity index (χ4n) is 2.86. The molecule has 1 saturated heterocycles. The first-order valence-electron chi connectivity index (χ1n) is 8.07. The SMILES string of the molecule is NC(=O)Nc1cccc(C(=O)N2CCO[C@H](c3cc(F)c(Cl)cc3Cl)C2)c1. The standard InChI is InChI=1S/C18H16Cl2FN3O3/c19-13-8-14(20)15(21)7-12(13)16-9-24(4-5-27-16)17(25)10-2-1-3-11(6-10)23-18(22)26/h1-3,6-8,16H,4-5,9H2,(H3,22,23,26)/t16-/m0/s1. The number of morpholine rings is 1. The van der Waals surface area contributed by atoms with Crippen LogP contribution in [-0.4, -0.2) is 36.5 Å². The Labute approximate surface area is 165 Å². The van der Waals surface area contributed by atoms with Crippen LogP contribution >= 0.6 is 23.2 Å². The van der Waals surface area contributed by atoms with Gasteiger partial charge >= 0.3 is 6.03 Å². The highest BCUT2D eigenvalue weighted by Gasteiger charge is 2.28. The number of urea groups is 1. The van der Waals surface area contributed by atoms with Crippen LogP contribution in [0.25, 0.3) is 0 Å². The van der Waals surface area contributed by atoms with Crippen LogP contribution in [0.2, 0.25) is 10.0 Å². The molecule has 9 heteroatoms. The number of rotatable bonds is 3. The van der Waals surface area contributed by atoms with Gasteiger partial charge in [0, 0.05) is 28.4 Å². The van der Waals surface area contributed by atoms with Gasteiger partial charge in [0.05, 0.1) is 18.2 Å². The Bertz CT molecular complexity index is 894. The van der Waals surface area contributed by atoms with Crippen molar-refractivity contribution in [3.05, 3.63) is 63.4 Å². The van der Waals surface area contributed by atoms with E-state index in [1.165, 1.54) is 18.2 Å². The Balaban J connectivity index is 1.79. The van der Waals surface area contributed by atoms with Gasteiger partial charge in [0.2, 0.25) is 0 Å². The third-order valence-corrected chi connectivity index (χ3v) is 4.73. The molecular weight excluding hydrogens is 396 g/mol. The van der Waals surface area contributed by atoms with Crippen molar-refractivity contribution in [3.8, 4) is 0 Å². The first kappa shape index (κ1) is 19.4. The lowest BCUT2D eigenvalue weighted by Gasteiger charge is -2.33. The van der Waals surface area contributed by atoms with Gasteiger partial charge in [0.15, 0.2) is 0 Å². The number of hydrogen-bond acceptors (Lipinski definition) is 3. The maximum absolute atomic E-state index is 13.8. The zero-order valence-electron chi connectivity index (χ0n) is 14.0. The molecule has 1 atom stereocenters. The minimum absolute atomic E-state index is 0.0775. The summed E-state index contributed by atoms with van der Waals surface area (Å²) in [5, 5.41) is 2.62. The third kappa shape index (κ3) is 4.50. The molecule has 2 aromatic rings. The van der Waals surface area contributed by atoms with Crippen LogP contribution in [0.15, 0.2) is 36.4 Å². The van der Waals surface area contributed by atoms with E-state index in [1.54, 1.807) is 23.1 Å². The van der Waals surface area contributed by atoms with Gasteiger partial charge in [-0.05, 0) is 30.3 Å². The number of benzene rings is 2. The molecule has 2 aromatic carbocycles. The Morgan fingerprint density at radius 2 is 2.00 bits per heavy atom. The van der Waals surface area contributed by atoms with E-state index in [-0.39, 0.29) is 29.1 Å². The number of amides is 3. The molecule has 1 aliphatic heterocycles. The summed E-state index contributed by atoms with van der Waals surface area (Å²) < 4.78 is 19.5. The molecular formula is C18H16Cl2FN3O3. The third-order valence-electron chi connectivity index (χ3n) is 4.12. The first-order valence-corrected chi connectivity index (χ1v) is 8.82. The largest absolute Gasteiger partial charge is 0.370 e. The van der Waals surface area contributed by atoms with Crippen molar-refractivity contribution in [3.63, 3.8) is 0 Å². The Hall–Kier alpha value is -2.35. The molecule has 3 amide bonds. The molecule has 6 nitrogen and oxygen atoms in total.